The van der Waals surface area contributed by atoms with E-state index in [2.05, 4.69) is 10.2 Å². The van der Waals surface area contributed by atoms with Crippen molar-refractivity contribution in [2.45, 2.75) is 25.3 Å². The van der Waals surface area contributed by atoms with E-state index >= 15 is 0 Å². The lowest BCUT2D eigenvalue weighted by Crippen LogP contribution is -2.51. The minimum Gasteiger partial charge on any atom is -0.480 e. The van der Waals surface area contributed by atoms with Crippen LogP contribution >= 0.6 is 0 Å². The fourth-order valence-corrected chi connectivity index (χ4v) is 2.57. The molecule has 1 aliphatic heterocycles. The molecule has 0 aliphatic carbocycles. The zero-order valence-corrected chi connectivity index (χ0v) is 13.2. The molecule has 21 heavy (non-hydrogen) atoms. The predicted octanol–water partition coefficient (Wildman–Crippen LogP) is 0.459. The Balaban J connectivity index is 2.40. The Labute approximate surface area is 126 Å². The summed E-state index contributed by atoms with van der Waals surface area (Å²) in [5.74, 6) is -0.421. The van der Waals surface area contributed by atoms with E-state index in [1.165, 1.54) is 7.11 Å². The van der Waals surface area contributed by atoms with Crippen LogP contribution < -0.4 is 5.32 Å². The molecule has 2 N–H and O–H groups in total. The normalized spacial score (nSPS) is 17.8. The summed E-state index contributed by atoms with van der Waals surface area (Å²) in [5, 5.41) is 11.7. The molecule has 1 rings (SSSR count). The van der Waals surface area contributed by atoms with E-state index in [4.69, 9.17) is 9.84 Å². The van der Waals surface area contributed by atoms with E-state index in [9.17, 15) is 9.59 Å². The van der Waals surface area contributed by atoms with Gasteiger partial charge in [-0.25, -0.2) is 9.59 Å². The zero-order chi connectivity index (χ0) is 15.8. The van der Waals surface area contributed by atoms with Gasteiger partial charge in [-0.05, 0) is 32.9 Å². The highest BCUT2D eigenvalue weighted by Gasteiger charge is 2.26. The minimum atomic E-state index is -1.03. The number of nitrogens with zero attached hydrogens (tertiary/aromatic N) is 2. The van der Waals surface area contributed by atoms with Crippen LogP contribution in [-0.4, -0.2) is 80.4 Å². The van der Waals surface area contributed by atoms with Crippen molar-refractivity contribution in [3.05, 3.63) is 0 Å². The molecule has 0 aromatic rings. The molecule has 0 spiro atoms. The van der Waals surface area contributed by atoms with Gasteiger partial charge in [-0.2, -0.15) is 0 Å². The molecular weight excluding hydrogens is 274 g/mol. The highest BCUT2D eigenvalue weighted by molar-refractivity contribution is 5.82. The molecule has 0 bridgehead atoms. The number of piperidine rings is 1. The average Bonchev–Trinajstić information content (AvgIpc) is 2.43. The largest absolute Gasteiger partial charge is 0.480 e. The number of rotatable bonds is 7. The number of methoxy groups -OCH3 is 1. The summed E-state index contributed by atoms with van der Waals surface area (Å²) in [6.07, 6.45) is 2.19. The summed E-state index contributed by atoms with van der Waals surface area (Å²) >= 11 is 0. The van der Waals surface area contributed by atoms with Crippen LogP contribution in [-0.2, 0) is 9.53 Å². The van der Waals surface area contributed by atoms with Crippen molar-refractivity contribution >= 4 is 12.0 Å². The first-order chi connectivity index (χ1) is 9.93. The third-order valence-corrected chi connectivity index (χ3v) is 3.73. The summed E-state index contributed by atoms with van der Waals surface area (Å²) in [6.45, 7) is 2.70. The van der Waals surface area contributed by atoms with Crippen LogP contribution in [0.4, 0.5) is 4.79 Å². The lowest BCUT2D eigenvalue weighted by molar-refractivity contribution is -0.139. The minimum absolute atomic E-state index is 0.272. The van der Waals surface area contributed by atoms with E-state index < -0.39 is 12.0 Å². The number of carbonyl (C=O) groups is 2. The number of hydrogen-bond donors (Lipinski definition) is 2. The van der Waals surface area contributed by atoms with E-state index in [1.807, 2.05) is 14.1 Å². The molecular formula is C14H27N3O4. The average molecular weight is 301 g/mol. The number of carbonyl (C=O) groups excluding carboxylic acids is 1. The number of amides is 2. The maximum Gasteiger partial charge on any atom is 0.326 e. The summed E-state index contributed by atoms with van der Waals surface area (Å²) < 4.78 is 4.87. The summed E-state index contributed by atoms with van der Waals surface area (Å²) in [7, 11) is 5.61. The van der Waals surface area contributed by atoms with Crippen molar-refractivity contribution < 1.29 is 19.4 Å². The second kappa shape index (κ2) is 8.84. The maximum atomic E-state index is 12.1. The first kappa shape index (κ1) is 17.7. The van der Waals surface area contributed by atoms with Crippen LogP contribution in [0.15, 0.2) is 0 Å². The van der Waals surface area contributed by atoms with Gasteiger partial charge in [0.05, 0.1) is 0 Å². The summed E-state index contributed by atoms with van der Waals surface area (Å²) in [5.41, 5.74) is 0. The first-order valence-electron chi connectivity index (χ1n) is 7.36. The first-order valence-corrected chi connectivity index (χ1v) is 7.36. The Bertz CT molecular complexity index is 341. The van der Waals surface area contributed by atoms with Gasteiger partial charge in [-0.1, -0.05) is 0 Å². The highest BCUT2D eigenvalue weighted by atomic mass is 16.5. The third-order valence-electron chi connectivity index (χ3n) is 3.73. The number of likely N-dealkylation sites (tertiary alicyclic amines) is 1. The second-order valence-electron chi connectivity index (χ2n) is 5.81. The number of hydrogen-bond acceptors (Lipinski definition) is 4. The molecule has 1 heterocycles. The predicted molar refractivity (Wildman–Crippen MR) is 79.3 cm³/mol. The number of carboxylic acid groups (broad SMARTS) is 1. The van der Waals surface area contributed by atoms with Gasteiger partial charge in [0.25, 0.3) is 0 Å². The highest BCUT2D eigenvalue weighted by Crippen LogP contribution is 2.17. The van der Waals surface area contributed by atoms with Gasteiger partial charge >= 0.3 is 12.0 Å². The molecule has 1 unspecified atom stereocenters. The van der Waals surface area contributed by atoms with Crippen molar-refractivity contribution in [2.75, 3.05) is 47.4 Å². The molecule has 0 aromatic carbocycles. The zero-order valence-electron chi connectivity index (χ0n) is 13.2. The molecule has 122 valence electrons. The standard InChI is InChI=1S/C14H27N3O4/c1-16(2)10-11-4-7-17(8-5-11)14(20)15-12(13(18)19)6-9-21-3/h11-12H,4-10H2,1-3H3,(H,15,20)(H,18,19). The molecule has 7 heteroatoms. The smallest absolute Gasteiger partial charge is 0.326 e. The Hall–Kier alpha value is -1.34. The monoisotopic (exact) mass is 301 g/mol. The number of urea groups is 1. The van der Waals surface area contributed by atoms with Crippen LogP contribution in [0, 0.1) is 5.92 Å². The molecule has 0 radical (unpaired) electrons. The van der Waals surface area contributed by atoms with E-state index in [-0.39, 0.29) is 12.5 Å². The van der Waals surface area contributed by atoms with E-state index in [1.54, 1.807) is 4.90 Å². The SMILES string of the molecule is COCCC(NC(=O)N1CCC(CN(C)C)CC1)C(=O)O. The van der Waals surface area contributed by atoms with Crippen LogP contribution in [0.25, 0.3) is 0 Å². The fourth-order valence-electron chi connectivity index (χ4n) is 2.57. The molecule has 0 saturated carbocycles. The molecule has 7 nitrogen and oxygen atoms in total. The van der Waals surface area contributed by atoms with Crippen LogP contribution in [0.2, 0.25) is 0 Å². The van der Waals surface area contributed by atoms with Gasteiger partial charge < -0.3 is 25.0 Å². The third kappa shape index (κ3) is 6.31. The second-order valence-corrected chi connectivity index (χ2v) is 5.81. The van der Waals surface area contributed by atoms with Gasteiger partial charge in [-0.15, -0.1) is 0 Å². The van der Waals surface area contributed by atoms with Crippen molar-refractivity contribution in [3.63, 3.8) is 0 Å². The number of aliphatic carboxylic acids is 1. The van der Waals surface area contributed by atoms with Gasteiger partial charge in [0, 0.05) is 39.8 Å². The Morgan fingerprint density at radius 3 is 2.48 bits per heavy atom. The van der Waals surface area contributed by atoms with Crippen LogP contribution in [0.5, 0.6) is 0 Å². The van der Waals surface area contributed by atoms with Gasteiger partial charge in [0.1, 0.15) is 6.04 Å². The Morgan fingerprint density at radius 2 is 2.00 bits per heavy atom. The van der Waals surface area contributed by atoms with Crippen molar-refractivity contribution in [1.29, 1.82) is 0 Å². The van der Waals surface area contributed by atoms with Crippen molar-refractivity contribution in [3.8, 4) is 0 Å². The Kier molecular flexibility index (Phi) is 7.45. The molecule has 1 atom stereocenters. The molecule has 1 fully saturated rings. The quantitative estimate of drug-likeness (QED) is 0.714. The molecule has 1 saturated heterocycles. The molecule has 0 aromatic heterocycles. The van der Waals surface area contributed by atoms with Crippen molar-refractivity contribution in [1.82, 2.24) is 15.1 Å². The lowest BCUT2D eigenvalue weighted by Gasteiger charge is -2.33. The molecule has 1 aliphatic rings. The summed E-state index contributed by atoms with van der Waals surface area (Å²) in [6, 6.07) is -1.18. The Morgan fingerprint density at radius 1 is 1.38 bits per heavy atom. The van der Waals surface area contributed by atoms with Crippen LogP contribution in [0.3, 0.4) is 0 Å². The van der Waals surface area contributed by atoms with Gasteiger partial charge in [0.15, 0.2) is 0 Å². The van der Waals surface area contributed by atoms with Crippen molar-refractivity contribution in [2.24, 2.45) is 5.92 Å². The lowest BCUT2D eigenvalue weighted by atomic mass is 9.96. The van der Waals surface area contributed by atoms with Gasteiger partial charge in [-0.3, -0.25) is 0 Å². The summed E-state index contributed by atoms with van der Waals surface area (Å²) in [4.78, 5) is 27.1. The number of nitrogens with one attached hydrogen (secondary N) is 1. The molecule has 2 amide bonds. The topological polar surface area (TPSA) is 82.1 Å². The number of carboxylic acids is 1. The fraction of sp³-hybridized carbons (Fsp3) is 0.857. The number of ether oxygens (including phenoxy) is 1. The van der Waals surface area contributed by atoms with Gasteiger partial charge in [0.2, 0.25) is 0 Å². The van der Waals surface area contributed by atoms with E-state index in [0.717, 1.165) is 19.4 Å². The maximum absolute atomic E-state index is 12.1. The van der Waals surface area contributed by atoms with E-state index in [0.29, 0.717) is 25.6 Å². The van der Waals surface area contributed by atoms with Crippen LogP contribution in [0.1, 0.15) is 19.3 Å².